The van der Waals surface area contributed by atoms with E-state index in [2.05, 4.69) is 15.5 Å². The third kappa shape index (κ3) is 3.25. The van der Waals surface area contributed by atoms with Crippen LogP contribution >= 0.6 is 0 Å². The minimum Gasteiger partial charge on any atom is -0.480 e. The second-order valence-corrected chi connectivity index (χ2v) is 6.32. The molecule has 3 rings (SSSR count). The second kappa shape index (κ2) is 6.59. The topological polar surface area (TPSA) is 105 Å². The Bertz CT molecular complexity index is 779. The zero-order valence-electron chi connectivity index (χ0n) is 13.8. The lowest BCUT2D eigenvalue weighted by molar-refractivity contribution is -0.139. The molecule has 7 heteroatoms. The van der Waals surface area contributed by atoms with Crippen molar-refractivity contribution >= 4 is 23.0 Å². The summed E-state index contributed by atoms with van der Waals surface area (Å²) >= 11 is 0. The van der Waals surface area contributed by atoms with Crippen molar-refractivity contribution in [2.24, 2.45) is 0 Å². The quantitative estimate of drug-likeness (QED) is 0.808. The summed E-state index contributed by atoms with van der Waals surface area (Å²) in [6, 6.07) is 0.850. The average molecular weight is 331 g/mol. The highest BCUT2D eigenvalue weighted by atomic mass is 16.5. The molecule has 2 heterocycles. The number of pyridine rings is 1. The Kier molecular flexibility index (Phi) is 4.51. The molecular weight excluding hydrogens is 310 g/mol. The number of unbranched alkanes of at least 4 members (excludes halogenated alkanes) is 1. The van der Waals surface area contributed by atoms with E-state index in [1.807, 2.05) is 6.92 Å². The summed E-state index contributed by atoms with van der Waals surface area (Å²) in [6.07, 6.45) is 4.10. The summed E-state index contributed by atoms with van der Waals surface area (Å²) in [5.41, 5.74) is 2.11. The first-order valence-corrected chi connectivity index (χ1v) is 8.31. The molecular formula is C17H21N3O4. The number of amides is 1. The van der Waals surface area contributed by atoms with E-state index in [4.69, 9.17) is 4.52 Å². The summed E-state index contributed by atoms with van der Waals surface area (Å²) < 4.78 is 5.22. The number of nitrogens with one attached hydrogen (secondary N) is 1. The Morgan fingerprint density at radius 2 is 2.21 bits per heavy atom. The highest BCUT2D eigenvalue weighted by Gasteiger charge is 2.29. The number of carboxylic acid groups (broad SMARTS) is 1. The van der Waals surface area contributed by atoms with Gasteiger partial charge in [-0.3, -0.25) is 4.79 Å². The summed E-state index contributed by atoms with van der Waals surface area (Å²) in [5, 5.41) is 16.4. The molecule has 0 spiro atoms. The van der Waals surface area contributed by atoms with E-state index in [0.717, 1.165) is 31.4 Å². The predicted molar refractivity (Wildman–Crippen MR) is 86.9 cm³/mol. The molecule has 2 N–H and O–H groups in total. The fraction of sp³-hybridized carbons (Fsp3) is 0.529. The number of rotatable bonds is 7. The van der Waals surface area contributed by atoms with E-state index < -0.39 is 17.9 Å². The van der Waals surface area contributed by atoms with Crippen molar-refractivity contribution in [1.29, 1.82) is 0 Å². The Labute approximate surface area is 139 Å². The molecule has 1 amide bonds. The zero-order chi connectivity index (χ0) is 17.3. The first-order chi connectivity index (χ1) is 11.5. The van der Waals surface area contributed by atoms with Gasteiger partial charge >= 0.3 is 5.97 Å². The molecule has 1 unspecified atom stereocenters. The Balaban J connectivity index is 1.93. The number of carbonyl (C=O) groups is 2. The van der Waals surface area contributed by atoms with Gasteiger partial charge in [-0.1, -0.05) is 24.9 Å². The molecule has 2 aromatic heterocycles. The number of aromatic nitrogens is 2. The standard InChI is InChI=1S/C17H21N3O4/c1-3-4-5-12(17(22)23)18-15(21)11-8-13(10-6-7-10)19-16-14(11)9(2)20-24-16/h8,10,12H,3-7H2,1-2H3,(H,18,21)(H,22,23). The molecule has 0 aliphatic heterocycles. The van der Waals surface area contributed by atoms with Gasteiger partial charge in [0.2, 0.25) is 0 Å². The van der Waals surface area contributed by atoms with Gasteiger partial charge in [0.25, 0.3) is 11.6 Å². The predicted octanol–water partition coefficient (Wildman–Crippen LogP) is 2.78. The lowest BCUT2D eigenvalue weighted by Crippen LogP contribution is -2.40. The van der Waals surface area contributed by atoms with E-state index in [1.54, 1.807) is 13.0 Å². The van der Waals surface area contributed by atoms with Crippen LogP contribution in [0.25, 0.3) is 11.1 Å². The van der Waals surface area contributed by atoms with Crippen LogP contribution in [0.15, 0.2) is 10.6 Å². The molecule has 7 nitrogen and oxygen atoms in total. The maximum absolute atomic E-state index is 12.7. The van der Waals surface area contributed by atoms with E-state index in [9.17, 15) is 14.7 Å². The van der Waals surface area contributed by atoms with Crippen LogP contribution in [0, 0.1) is 6.92 Å². The number of nitrogens with zero attached hydrogens (tertiary/aromatic N) is 2. The van der Waals surface area contributed by atoms with Gasteiger partial charge in [-0.2, -0.15) is 0 Å². The maximum atomic E-state index is 12.7. The fourth-order valence-electron chi connectivity index (χ4n) is 2.78. The van der Waals surface area contributed by atoms with E-state index in [0.29, 0.717) is 34.7 Å². The second-order valence-electron chi connectivity index (χ2n) is 6.32. The molecule has 128 valence electrons. The minimum atomic E-state index is -1.02. The molecule has 2 aromatic rings. The van der Waals surface area contributed by atoms with Gasteiger partial charge in [-0.25, -0.2) is 9.78 Å². The van der Waals surface area contributed by atoms with Gasteiger partial charge < -0.3 is 14.9 Å². The highest BCUT2D eigenvalue weighted by Crippen LogP contribution is 2.40. The van der Waals surface area contributed by atoms with Crippen molar-refractivity contribution in [1.82, 2.24) is 15.5 Å². The van der Waals surface area contributed by atoms with Gasteiger partial charge in [-0.15, -0.1) is 0 Å². The molecule has 1 atom stereocenters. The van der Waals surface area contributed by atoms with Crippen LogP contribution in [0.1, 0.15) is 66.7 Å². The Morgan fingerprint density at radius 3 is 2.83 bits per heavy atom. The fourth-order valence-corrected chi connectivity index (χ4v) is 2.78. The van der Waals surface area contributed by atoms with Crippen LogP contribution in [0.2, 0.25) is 0 Å². The first-order valence-electron chi connectivity index (χ1n) is 8.31. The third-order valence-electron chi connectivity index (χ3n) is 4.33. The number of aryl methyl sites for hydroxylation is 1. The van der Waals surface area contributed by atoms with Crippen LogP contribution < -0.4 is 5.32 Å². The first kappa shape index (κ1) is 16.4. The Hall–Kier alpha value is -2.44. The van der Waals surface area contributed by atoms with Crippen molar-refractivity contribution in [3.63, 3.8) is 0 Å². The van der Waals surface area contributed by atoms with Gasteiger partial charge in [-0.05, 0) is 32.3 Å². The van der Waals surface area contributed by atoms with Crippen LogP contribution in [-0.2, 0) is 4.79 Å². The average Bonchev–Trinajstić information content (AvgIpc) is 3.34. The zero-order valence-corrected chi connectivity index (χ0v) is 13.8. The monoisotopic (exact) mass is 331 g/mol. The largest absolute Gasteiger partial charge is 0.480 e. The van der Waals surface area contributed by atoms with Crippen molar-refractivity contribution in [3.05, 3.63) is 23.0 Å². The molecule has 1 fully saturated rings. The normalized spacial score (nSPS) is 15.4. The Morgan fingerprint density at radius 1 is 1.46 bits per heavy atom. The molecule has 1 aliphatic rings. The number of hydrogen-bond acceptors (Lipinski definition) is 5. The van der Waals surface area contributed by atoms with E-state index in [1.165, 1.54) is 0 Å². The van der Waals surface area contributed by atoms with Gasteiger partial charge in [0.15, 0.2) is 0 Å². The van der Waals surface area contributed by atoms with E-state index in [-0.39, 0.29) is 0 Å². The molecule has 1 aliphatic carbocycles. The summed E-state index contributed by atoms with van der Waals surface area (Å²) in [5.74, 6) is -1.09. The molecule has 0 radical (unpaired) electrons. The maximum Gasteiger partial charge on any atom is 0.326 e. The van der Waals surface area contributed by atoms with Gasteiger partial charge in [0.05, 0.1) is 16.6 Å². The van der Waals surface area contributed by atoms with Crippen LogP contribution in [0.3, 0.4) is 0 Å². The van der Waals surface area contributed by atoms with Crippen LogP contribution in [-0.4, -0.2) is 33.2 Å². The van der Waals surface area contributed by atoms with Gasteiger partial charge in [0, 0.05) is 11.6 Å². The third-order valence-corrected chi connectivity index (χ3v) is 4.33. The number of carbonyl (C=O) groups excluding carboxylic acids is 1. The lowest BCUT2D eigenvalue weighted by Gasteiger charge is -2.15. The summed E-state index contributed by atoms with van der Waals surface area (Å²) in [6.45, 7) is 3.72. The van der Waals surface area contributed by atoms with Crippen molar-refractivity contribution in [2.75, 3.05) is 0 Å². The number of hydrogen-bond donors (Lipinski definition) is 2. The van der Waals surface area contributed by atoms with Crippen LogP contribution in [0.4, 0.5) is 0 Å². The molecule has 24 heavy (non-hydrogen) atoms. The summed E-state index contributed by atoms with van der Waals surface area (Å²) in [4.78, 5) is 28.5. The van der Waals surface area contributed by atoms with Gasteiger partial charge in [0.1, 0.15) is 6.04 Å². The van der Waals surface area contributed by atoms with Crippen LogP contribution in [0.5, 0.6) is 0 Å². The smallest absolute Gasteiger partial charge is 0.326 e. The number of fused-ring (bicyclic) bond motifs is 1. The van der Waals surface area contributed by atoms with Crippen molar-refractivity contribution in [2.45, 2.75) is 57.9 Å². The SMILES string of the molecule is CCCCC(NC(=O)c1cc(C2CC2)nc2onc(C)c12)C(=O)O. The van der Waals surface area contributed by atoms with Crippen molar-refractivity contribution < 1.29 is 19.2 Å². The number of carboxylic acids is 1. The lowest BCUT2D eigenvalue weighted by atomic mass is 10.1. The molecule has 1 saturated carbocycles. The molecule has 0 saturated heterocycles. The minimum absolute atomic E-state index is 0.336. The molecule has 0 aromatic carbocycles. The molecule has 0 bridgehead atoms. The van der Waals surface area contributed by atoms with Crippen molar-refractivity contribution in [3.8, 4) is 0 Å². The summed E-state index contributed by atoms with van der Waals surface area (Å²) in [7, 11) is 0. The number of aliphatic carboxylic acids is 1. The highest BCUT2D eigenvalue weighted by molar-refractivity contribution is 6.07. The van der Waals surface area contributed by atoms with E-state index >= 15 is 0 Å².